The summed E-state index contributed by atoms with van der Waals surface area (Å²) >= 11 is 0. The summed E-state index contributed by atoms with van der Waals surface area (Å²) in [6, 6.07) is 13.7. The number of hydrogen-bond acceptors (Lipinski definition) is 5. The van der Waals surface area contributed by atoms with Crippen molar-refractivity contribution in [1.29, 1.82) is 0 Å². The van der Waals surface area contributed by atoms with E-state index in [1.54, 1.807) is 35.2 Å². The van der Waals surface area contributed by atoms with Crippen LogP contribution < -0.4 is 20.3 Å². The van der Waals surface area contributed by atoms with Gasteiger partial charge in [-0.25, -0.2) is 0 Å². The van der Waals surface area contributed by atoms with E-state index in [1.165, 1.54) is 10.6 Å². The number of rotatable bonds is 4. The SMILES string of the molecule is O=C(Cn1c(=O)cc(C(=O)N2CCCCC2)c2ccccc21)Nc1ccc2c(c1)OCO2. The minimum Gasteiger partial charge on any atom is -0.454 e. The number of nitrogens with zero attached hydrogens (tertiary/aromatic N) is 2. The Hall–Kier alpha value is -3.81. The molecule has 164 valence electrons. The first-order valence-electron chi connectivity index (χ1n) is 10.7. The molecule has 32 heavy (non-hydrogen) atoms. The quantitative estimate of drug-likeness (QED) is 0.683. The Morgan fingerprint density at radius 2 is 1.72 bits per heavy atom. The Balaban J connectivity index is 1.43. The Kier molecular flexibility index (Phi) is 5.26. The fraction of sp³-hybridized carbons (Fsp3) is 0.292. The minimum absolute atomic E-state index is 0.130. The molecule has 8 heteroatoms. The minimum atomic E-state index is -0.384. The highest BCUT2D eigenvalue weighted by molar-refractivity contribution is 6.06. The normalized spacial score (nSPS) is 15.1. The highest BCUT2D eigenvalue weighted by Gasteiger charge is 2.22. The van der Waals surface area contributed by atoms with Crippen LogP contribution in [0.5, 0.6) is 11.5 Å². The molecule has 2 amide bonds. The van der Waals surface area contributed by atoms with Gasteiger partial charge in [0.25, 0.3) is 11.5 Å². The summed E-state index contributed by atoms with van der Waals surface area (Å²) in [5.74, 6) is 0.700. The summed E-state index contributed by atoms with van der Waals surface area (Å²) in [4.78, 5) is 40.6. The molecular weight excluding hydrogens is 410 g/mol. The lowest BCUT2D eigenvalue weighted by Crippen LogP contribution is -2.37. The molecule has 2 aliphatic heterocycles. The van der Waals surface area contributed by atoms with Crippen molar-refractivity contribution >= 4 is 28.4 Å². The molecule has 0 atom stereocenters. The number of para-hydroxylation sites is 1. The van der Waals surface area contributed by atoms with Crippen molar-refractivity contribution in [1.82, 2.24) is 9.47 Å². The number of amides is 2. The monoisotopic (exact) mass is 433 g/mol. The van der Waals surface area contributed by atoms with Crippen molar-refractivity contribution in [2.75, 3.05) is 25.2 Å². The zero-order valence-corrected chi connectivity index (χ0v) is 17.5. The van der Waals surface area contributed by atoms with Crippen LogP contribution in [-0.4, -0.2) is 41.2 Å². The molecule has 1 aromatic heterocycles. The maximum absolute atomic E-state index is 13.1. The Morgan fingerprint density at radius 1 is 0.938 bits per heavy atom. The largest absolute Gasteiger partial charge is 0.454 e. The molecule has 1 saturated heterocycles. The topological polar surface area (TPSA) is 89.9 Å². The van der Waals surface area contributed by atoms with Crippen LogP contribution in [0.15, 0.2) is 53.3 Å². The lowest BCUT2D eigenvalue weighted by atomic mass is 10.0. The smallest absolute Gasteiger partial charge is 0.254 e. The number of hydrogen-bond donors (Lipinski definition) is 1. The number of carbonyl (C=O) groups is 2. The number of ether oxygens (including phenoxy) is 2. The van der Waals surface area contributed by atoms with Crippen LogP contribution in [0.1, 0.15) is 29.6 Å². The molecule has 0 saturated carbocycles. The first kappa shape index (κ1) is 20.1. The molecule has 1 fully saturated rings. The summed E-state index contributed by atoms with van der Waals surface area (Å²) in [5.41, 5.74) is 1.11. The zero-order valence-electron chi connectivity index (χ0n) is 17.5. The number of piperidine rings is 1. The molecule has 5 rings (SSSR count). The number of likely N-dealkylation sites (tertiary alicyclic amines) is 1. The number of pyridine rings is 1. The molecule has 0 unspecified atom stereocenters. The number of aromatic nitrogens is 1. The van der Waals surface area contributed by atoms with Gasteiger partial charge in [0.15, 0.2) is 11.5 Å². The van der Waals surface area contributed by atoms with Crippen molar-refractivity contribution in [3.63, 3.8) is 0 Å². The number of nitrogens with one attached hydrogen (secondary N) is 1. The fourth-order valence-corrected chi connectivity index (χ4v) is 4.26. The van der Waals surface area contributed by atoms with Crippen LogP contribution in [0.4, 0.5) is 5.69 Å². The van der Waals surface area contributed by atoms with Crippen molar-refractivity contribution in [2.45, 2.75) is 25.8 Å². The molecule has 8 nitrogen and oxygen atoms in total. The summed E-state index contributed by atoms with van der Waals surface area (Å²) < 4.78 is 12.0. The lowest BCUT2D eigenvalue weighted by Gasteiger charge is -2.27. The van der Waals surface area contributed by atoms with E-state index in [-0.39, 0.29) is 30.7 Å². The van der Waals surface area contributed by atoms with Crippen molar-refractivity contribution in [2.24, 2.45) is 0 Å². The van der Waals surface area contributed by atoms with Crippen LogP contribution >= 0.6 is 0 Å². The van der Waals surface area contributed by atoms with E-state index >= 15 is 0 Å². The summed E-state index contributed by atoms with van der Waals surface area (Å²) in [6.45, 7) is 1.38. The van der Waals surface area contributed by atoms with Gasteiger partial charge in [-0.2, -0.15) is 0 Å². The summed E-state index contributed by atoms with van der Waals surface area (Å²) in [5, 5.41) is 3.46. The summed E-state index contributed by atoms with van der Waals surface area (Å²) in [7, 11) is 0. The predicted octanol–water partition coefficient (Wildman–Crippen LogP) is 3.00. The van der Waals surface area contributed by atoms with Gasteiger partial charge in [0, 0.05) is 36.3 Å². The van der Waals surface area contributed by atoms with Crippen LogP contribution in [0.25, 0.3) is 10.9 Å². The van der Waals surface area contributed by atoms with Crippen LogP contribution in [-0.2, 0) is 11.3 Å². The molecule has 0 spiro atoms. The first-order chi connectivity index (χ1) is 15.6. The highest BCUT2D eigenvalue weighted by atomic mass is 16.7. The molecular formula is C24H23N3O5. The fourth-order valence-electron chi connectivity index (χ4n) is 4.26. The van der Waals surface area contributed by atoms with Crippen LogP contribution in [0, 0.1) is 0 Å². The molecule has 0 radical (unpaired) electrons. The van der Waals surface area contributed by atoms with Gasteiger partial charge >= 0.3 is 0 Å². The maximum atomic E-state index is 13.1. The van der Waals surface area contributed by atoms with Gasteiger partial charge < -0.3 is 19.7 Å². The average molecular weight is 433 g/mol. The maximum Gasteiger partial charge on any atom is 0.254 e. The molecule has 2 aliphatic rings. The Labute approximate surface area is 184 Å². The van der Waals surface area contributed by atoms with E-state index in [1.807, 2.05) is 12.1 Å². The van der Waals surface area contributed by atoms with Gasteiger partial charge in [-0.05, 0) is 37.5 Å². The van der Waals surface area contributed by atoms with E-state index in [4.69, 9.17) is 9.47 Å². The Bertz CT molecular complexity index is 1260. The summed E-state index contributed by atoms with van der Waals surface area (Å²) in [6.07, 6.45) is 3.06. The third kappa shape index (κ3) is 3.79. The van der Waals surface area contributed by atoms with Crippen molar-refractivity contribution in [3.05, 3.63) is 64.4 Å². The van der Waals surface area contributed by atoms with Gasteiger partial charge in [0.1, 0.15) is 6.54 Å². The predicted molar refractivity (Wildman–Crippen MR) is 119 cm³/mol. The van der Waals surface area contributed by atoms with E-state index in [0.717, 1.165) is 19.3 Å². The molecule has 1 N–H and O–H groups in total. The first-order valence-corrected chi connectivity index (χ1v) is 10.7. The van der Waals surface area contributed by atoms with Crippen LogP contribution in [0.2, 0.25) is 0 Å². The van der Waals surface area contributed by atoms with E-state index in [0.29, 0.717) is 46.7 Å². The van der Waals surface area contributed by atoms with Gasteiger partial charge in [0.2, 0.25) is 12.7 Å². The highest BCUT2D eigenvalue weighted by Crippen LogP contribution is 2.34. The second kappa shape index (κ2) is 8.37. The second-order valence-electron chi connectivity index (χ2n) is 7.97. The van der Waals surface area contributed by atoms with Crippen molar-refractivity contribution < 1.29 is 19.1 Å². The second-order valence-corrected chi connectivity index (χ2v) is 7.97. The standard InChI is InChI=1S/C24H23N3O5/c28-22(25-16-8-9-20-21(12-16)32-15-31-20)14-27-19-7-3-2-6-17(19)18(13-23(27)29)24(30)26-10-4-1-5-11-26/h2-3,6-9,12-13H,1,4-5,10-11,14-15H2,(H,25,28). The van der Waals surface area contributed by atoms with Crippen molar-refractivity contribution in [3.8, 4) is 11.5 Å². The van der Waals surface area contributed by atoms with Gasteiger partial charge in [-0.1, -0.05) is 18.2 Å². The number of carbonyl (C=O) groups excluding carboxylic acids is 2. The molecule has 2 aromatic carbocycles. The van der Waals surface area contributed by atoms with E-state index in [9.17, 15) is 14.4 Å². The lowest BCUT2D eigenvalue weighted by molar-refractivity contribution is -0.116. The molecule has 0 aliphatic carbocycles. The van der Waals surface area contributed by atoms with Gasteiger partial charge in [0.05, 0.1) is 11.1 Å². The third-order valence-corrected chi connectivity index (χ3v) is 5.85. The zero-order chi connectivity index (χ0) is 22.1. The Morgan fingerprint density at radius 3 is 2.56 bits per heavy atom. The molecule has 0 bridgehead atoms. The number of benzene rings is 2. The average Bonchev–Trinajstić information content (AvgIpc) is 3.29. The molecule has 3 heterocycles. The number of anilines is 1. The van der Waals surface area contributed by atoms with Crippen LogP contribution in [0.3, 0.4) is 0 Å². The molecule has 3 aromatic rings. The third-order valence-electron chi connectivity index (χ3n) is 5.85. The van der Waals surface area contributed by atoms with Gasteiger partial charge in [-0.3, -0.25) is 19.0 Å². The van der Waals surface area contributed by atoms with Gasteiger partial charge in [-0.15, -0.1) is 0 Å². The van der Waals surface area contributed by atoms with E-state index in [2.05, 4.69) is 5.32 Å². The number of fused-ring (bicyclic) bond motifs is 2. The van der Waals surface area contributed by atoms with E-state index < -0.39 is 0 Å².